The Balaban J connectivity index is 1.98. The number of aromatic nitrogens is 5. The molecule has 3 aromatic heterocycles. The molecule has 4 rings (SSSR count). The van der Waals surface area contributed by atoms with E-state index in [0.29, 0.717) is 34.1 Å². The van der Waals surface area contributed by atoms with E-state index in [2.05, 4.69) is 41.1 Å². The highest BCUT2D eigenvalue weighted by Crippen LogP contribution is 2.34. The maximum atomic E-state index is 6.11. The summed E-state index contributed by atoms with van der Waals surface area (Å²) in [5.74, 6) is 0.818. The molecule has 0 spiro atoms. The summed E-state index contributed by atoms with van der Waals surface area (Å²) in [6.07, 6.45) is 1.40. The van der Waals surface area contributed by atoms with Crippen molar-refractivity contribution in [1.82, 2.24) is 25.1 Å². The molecule has 2 N–H and O–H groups in total. The number of nitrogens with zero attached hydrogens (tertiary/aromatic N) is 5. The van der Waals surface area contributed by atoms with Gasteiger partial charge in [-0.3, -0.25) is 0 Å². The van der Waals surface area contributed by atoms with Crippen molar-refractivity contribution >= 4 is 32.8 Å². The fourth-order valence-corrected chi connectivity index (χ4v) is 3.07. The Kier molecular flexibility index (Phi) is 4.18. The maximum Gasteiger partial charge on any atom is 0.233 e. The standard InChI is InChI=1S/C18H13BrN6O/c1-26-15-6-5-13(24-25-15)14-8-12(10-3-2-4-11(19)7-10)16-17(20)21-9-22-18(16)23-14/h2-9H,1H3,(H2,20,21,22,23). The third-order valence-electron chi connectivity index (χ3n) is 3.88. The maximum absolute atomic E-state index is 6.11. The third-order valence-corrected chi connectivity index (χ3v) is 4.37. The van der Waals surface area contributed by atoms with Crippen LogP contribution in [0.2, 0.25) is 0 Å². The van der Waals surface area contributed by atoms with Gasteiger partial charge < -0.3 is 10.5 Å². The van der Waals surface area contributed by atoms with Crippen molar-refractivity contribution in [2.75, 3.05) is 12.8 Å². The van der Waals surface area contributed by atoms with Crippen LogP contribution in [0.3, 0.4) is 0 Å². The van der Waals surface area contributed by atoms with E-state index in [-0.39, 0.29) is 0 Å². The number of nitrogen functional groups attached to an aromatic ring is 1. The van der Waals surface area contributed by atoms with Gasteiger partial charge in [0.1, 0.15) is 17.8 Å². The lowest BCUT2D eigenvalue weighted by molar-refractivity contribution is 0.392. The van der Waals surface area contributed by atoms with Gasteiger partial charge in [-0.15, -0.1) is 10.2 Å². The zero-order valence-electron chi connectivity index (χ0n) is 13.7. The summed E-state index contributed by atoms with van der Waals surface area (Å²) in [6.45, 7) is 0. The number of rotatable bonds is 3. The second-order valence-electron chi connectivity index (χ2n) is 5.48. The molecule has 0 unspecified atom stereocenters. The summed E-state index contributed by atoms with van der Waals surface area (Å²) in [7, 11) is 1.54. The minimum atomic E-state index is 0.379. The van der Waals surface area contributed by atoms with Crippen LogP contribution in [0, 0.1) is 0 Å². The number of hydrogen-bond acceptors (Lipinski definition) is 7. The summed E-state index contributed by atoms with van der Waals surface area (Å²) in [6, 6.07) is 13.4. The first-order valence-electron chi connectivity index (χ1n) is 7.71. The van der Waals surface area contributed by atoms with Crippen molar-refractivity contribution in [2.45, 2.75) is 0 Å². The molecule has 0 bridgehead atoms. The number of benzene rings is 1. The molecule has 3 heterocycles. The Bertz CT molecular complexity index is 1100. The fraction of sp³-hybridized carbons (Fsp3) is 0.0556. The Labute approximate surface area is 157 Å². The van der Waals surface area contributed by atoms with Crippen molar-refractivity contribution in [3.8, 4) is 28.4 Å². The van der Waals surface area contributed by atoms with Crippen LogP contribution in [0.5, 0.6) is 5.88 Å². The Morgan fingerprint density at radius 3 is 2.62 bits per heavy atom. The van der Waals surface area contributed by atoms with Gasteiger partial charge in [-0.05, 0) is 35.4 Å². The van der Waals surface area contributed by atoms with E-state index in [1.807, 2.05) is 30.3 Å². The van der Waals surface area contributed by atoms with Crippen molar-refractivity contribution in [3.05, 3.63) is 53.3 Å². The van der Waals surface area contributed by atoms with E-state index < -0.39 is 0 Å². The van der Waals surface area contributed by atoms with Crippen molar-refractivity contribution in [3.63, 3.8) is 0 Å². The summed E-state index contributed by atoms with van der Waals surface area (Å²) >= 11 is 3.51. The Morgan fingerprint density at radius 1 is 1.00 bits per heavy atom. The van der Waals surface area contributed by atoms with Crippen LogP contribution >= 0.6 is 15.9 Å². The highest BCUT2D eigenvalue weighted by Gasteiger charge is 2.14. The van der Waals surface area contributed by atoms with E-state index in [0.717, 1.165) is 15.6 Å². The lowest BCUT2D eigenvalue weighted by Crippen LogP contribution is -2.00. The minimum absolute atomic E-state index is 0.379. The largest absolute Gasteiger partial charge is 0.480 e. The monoisotopic (exact) mass is 408 g/mol. The van der Waals surface area contributed by atoms with E-state index in [9.17, 15) is 0 Å². The molecular weight excluding hydrogens is 396 g/mol. The molecule has 0 fully saturated rings. The van der Waals surface area contributed by atoms with Crippen LogP contribution < -0.4 is 10.5 Å². The SMILES string of the molecule is COc1ccc(-c2cc(-c3cccc(Br)c3)c3c(N)ncnc3n2)nn1. The molecule has 1 aromatic carbocycles. The minimum Gasteiger partial charge on any atom is -0.480 e. The number of methoxy groups -OCH3 is 1. The first-order chi connectivity index (χ1) is 12.7. The van der Waals surface area contributed by atoms with Gasteiger partial charge in [-0.2, -0.15) is 0 Å². The first-order valence-corrected chi connectivity index (χ1v) is 8.50. The lowest BCUT2D eigenvalue weighted by Gasteiger charge is -2.11. The molecule has 0 saturated carbocycles. The normalized spacial score (nSPS) is 10.8. The van der Waals surface area contributed by atoms with E-state index in [4.69, 9.17) is 10.5 Å². The zero-order chi connectivity index (χ0) is 18.1. The fourth-order valence-electron chi connectivity index (χ4n) is 2.67. The van der Waals surface area contributed by atoms with Crippen LogP contribution in [0.4, 0.5) is 5.82 Å². The van der Waals surface area contributed by atoms with E-state index >= 15 is 0 Å². The molecule has 4 aromatic rings. The van der Waals surface area contributed by atoms with Gasteiger partial charge in [0, 0.05) is 10.5 Å². The second-order valence-corrected chi connectivity index (χ2v) is 6.40. The first kappa shape index (κ1) is 16.3. The molecule has 0 amide bonds. The number of halogens is 1. The van der Waals surface area contributed by atoms with Crippen molar-refractivity contribution in [1.29, 1.82) is 0 Å². The predicted octanol–water partition coefficient (Wildman–Crippen LogP) is 3.50. The quantitative estimate of drug-likeness (QED) is 0.553. The number of anilines is 1. The zero-order valence-corrected chi connectivity index (χ0v) is 15.3. The molecule has 0 aliphatic carbocycles. The van der Waals surface area contributed by atoms with E-state index in [1.165, 1.54) is 6.33 Å². The highest BCUT2D eigenvalue weighted by atomic mass is 79.9. The molecule has 0 saturated heterocycles. The highest BCUT2D eigenvalue weighted by molar-refractivity contribution is 9.10. The third kappa shape index (κ3) is 2.95. The Hall–Kier alpha value is -3.13. The lowest BCUT2D eigenvalue weighted by atomic mass is 10.0. The number of fused-ring (bicyclic) bond motifs is 1. The van der Waals surface area contributed by atoms with Gasteiger partial charge in [0.25, 0.3) is 0 Å². The van der Waals surface area contributed by atoms with Gasteiger partial charge in [0.15, 0.2) is 5.65 Å². The topological polar surface area (TPSA) is 99.7 Å². The summed E-state index contributed by atoms with van der Waals surface area (Å²) in [4.78, 5) is 13.0. The number of pyridine rings is 1. The van der Waals surface area contributed by atoms with Crippen molar-refractivity contribution < 1.29 is 4.74 Å². The summed E-state index contributed by atoms with van der Waals surface area (Å²) in [5, 5.41) is 8.89. The number of hydrogen-bond donors (Lipinski definition) is 1. The number of ether oxygens (including phenoxy) is 1. The number of nitrogens with two attached hydrogens (primary N) is 1. The molecule has 8 heteroatoms. The van der Waals surface area contributed by atoms with Gasteiger partial charge in [-0.1, -0.05) is 28.1 Å². The average Bonchev–Trinajstić information content (AvgIpc) is 2.67. The van der Waals surface area contributed by atoms with Crippen LogP contribution in [-0.4, -0.2) is 32.3 Å². The van der Waals surface area contributed by atoms with Gasteiger partial charge in [-0.25, -0.2) is 15.0 Å². The van der Waals surface area contributed by atoms with Gasteiger partial charge >= 0.3 is 0 Å². The summed E-state index contributed by atoms with van der Waals surface area (Å²) < 4.78 is 6.02. The molecule has 0 aliphatic rings. The smallest absolute Gasteiger partial charge is 0.233 e. The molecule has 26 heavy (non-hydrogen) atoms. The average molecular weight is 409 g/mol. The molecule has 7 nitrogen and oxygen atoms in total. The van der Waals surface area contributed by atoms with Crippen molar-refractivity contribution in [2.24, 2.45) is 0 Å². The summed E-state index contributed by atoms with van der Waals surface area (Å²) in [5.41, 5.74) is 9.71. The second kappa shape index (κ2) is 6.64. The Morgan fingerprint density at radius 2 is 1.88 bits per heavy atom. The molecule has 128 valence electrons. The molecule has 0 aliphatic heterocycles. The van der Waals surface area contributed by atoms with Gasteiger partial charge in [0.05, 0.1) is 18.2 Å². The van der Waals surface area contributed by atoms with Crippen LogP contribution in [0.25, 0.3) is 33.5 Å². The molecular formula is C18H13BrN6O. The van der Waals surface area contributed by atoms with Crippen LogP contribution in [0.1, 0.15) is 0 Å². The van der Waals surface area contributed by atoms with Crippen LogP contribution in [-0.2, 0) is 0 Å². The van der Waals surface area contributed by atoms with Gasteiger partial charge in [0.2, 0.25) is 5.88 Å². The van der Waals surface area contributed by atoms with Crippen LogP contribution in [0.15, 0.2) is 53.3 Å². The predicted molar refractivity (Wildman–Crippen MR) is 102 cm³/mol. The molecule has 0 atom stereocenters. The molecule has 0 radical (unpaired) electrons. The van der Waals surface area contributed by atoms with E-state index in [1.54, 1.807) is 19.2 Å².